The number of hydrogen-bond acceptors (Lipinski definition) is 5. The fourth-order valence-electron chi connectivity index (χ4n) is 3.83. The summed E-state index contributed by atoms with van der Waals surface area (Å²) in [5.41, 5.74) is -1.58. The number of nitrogens with one attached hydrogen (secondary N) is 2. The molecule has 1 saturated carbocycles. The standard InChI is InChI=1S/C20H24N4O4/c1-19(14-6-8-15(28-2)9-7-14)17(26)24(18(27)23-19)12-16(25)22-20(13-21)10-4-3-5-11-20/h6-9H,3-5,10-12H2,1-2H3,(H,22,25)(H,23,27)/t19-/m0/s1. The lowest BCUT2D eigenvalue weighted by molar-refractivity contribution is -0.135. The van der Waals surface area contributed by atoms with Gasteiger partial charge in [-0.05, 0) is 37.5 Å². The predicted octanol–water partition coefficient (Wildman–Crippen LogP) is 1.80. The van der Waals surface area contributed by atoms with E-state index >= 15 is 0 Å². The SMILES string of the molecule is COc1ccc([C@]2(C)NC(=O)N(CC(=O)NC3(C#N)CCCCC3)C2=O)cc1. The third-order valence-corrected chi connectivity index (χ3v) is 5.54. The Balaban J connectivity index is 1.72. The number of nitriles is 1. The molecule has 1 atom stereocenters. The van der Waals surface area contributed by atoms with Crippen LogP contribution in [-0.2, 0) is 15.1 Å². The number of carbonyl (C=O) groups excluding carboxylic acids is 3. The van der Waals surface area contributed by atoms with E-state index in [1.54, 1.807) is 38.3 Å². The van der Waals surface area contributed by atoms with Gasteiger partial charge in [0.05, 0.1) is 13.2 Å². The number of amides is 4. The Morgan fingerprint density at radius 1 is 1.25 bits per heavy atom. The minimum atomic E-state index is -1.26. The van der Waals surface area contributed by atoms with Gasteiger partial charge in [-0.1, -0.05) is 31.4 Å². The fourth-order valence-corrected chi connectivity index (χ4v) is 3.83. The highest BCUT2D eigenvalue weighted by molar-refractivity contribution is 6.09. The first-order valence-electron chi connectivity index (χ1n) is 9.34. The molecule has 1 saturated heterocycles. The summed E-state index contributed by atoms with van der Waals surface area (Å²) in [4.78, 5) is 38.7. The molecule has 1 aromatic carbocycles. The molecule has 0 radical (unpaired) electrons. The van der Waals surface area contributed by atoms with Crippen LogP contribution in [0.4, 0.5) is 4.79 Å². The Labute approximate surface area is 163 Å². The van der Waals surface area contributed by atoms with Crippen LogP contribution in [0, 0.1) is 11.3 Å². The zero-order valence-corrected chi connectivity index (χ0v) is 16.1. The summed E-state index contributed by atoms with van der Waals surface area (Å²) < 4.78 is 5.12. The van der Waals surface area contributed by atoms with Gasteiger partial charge in [-0.3, -0.25) is 14.5 Å². The highest BCUT2D eigenvalue weighted by Crippen LogP contribution is 2.30. The van der Waals surface area contributed by atoms with Gasteiger partial charge >= 0.3 is 6.03 Å². The van der Waals surface area contributed by atoms with Crippen molar-refractivity contribution in [2.24, 2.45) is 0 Å². The minimum absolute atomic E-state index is 0.417. The van der Waals surface area contributed by atoms with Gasteiger partial charge in [-0.25, -0.2) is 4.79 Å². The molecule has 2 aliphatic rings. The first-order chi connectivity index (χ1) is 13.3. The number of nitrogens with zero attached hydrogens (tertiary/aromatic N) is 2. The molecule has 4 amide bonds. The molecule has 0 aromatic heterocycles. The quantitative estimate of drug-likeness (QED) is 0.752. The van der Waals surface area contributed by atoms with Crippen LogP contribution in [0.5, 0.6) is 5.75 Å². The number of benzene rings is 1. The molecule has 8 nitrogen and oxygen atoms in total. The van der Waals surface area contributed by atoms with Gasteiger partial charge in [-0.2, -0.15) is 5.26 Å². The van der Waals surface area contributed by atoms with E-state index in [-0.39, 0.29) is 0 Å². The summed E-state index contributed by atoms with van der Waals surface area (Å²) in [5.74, 6) is -0.381. The second-order valence-electron chi connectivity index (χ2n) is 7.48. The van der Waals surface area contributed by atoms with E-state index in [1.807, 2.05) is 0 Å². The third-order valence-electron chi connectivity index (χ3n) is 5.54. The van der Waals surface area contributed by atoms with Crippen LogP contribution in [0.1, 0.15) is 44.6 Å². The molecule has 2 N–H and O–H groups in total. The van der Waals surface area contributed by atoms with Crippen molar-refractivity contribution >= 4 is 17.8 Å². The average molecular weight is 384 g/mol. The molecule has 3 rings (SSSR count). The number of rotatable bonds is 5. The molecule has 0 bridgehead atoms. The van der Waals surface area contributed by atoms with Crippen LogP contribution >= 0.6 is 0 Å². The highest BCUT2D eigenvalue weighted by atomic mass is 16.5. The highest BCUT2D eigenvalue weighted by Gasteiger charge is 2.49. The maximum atomic E-state index is 12.9. The van der Waals surface area contributed by atoms with Crippen molar-refractivity contribution in [2.75, 3.05) is 13.7 Å². The Hall–Kier alpha value is -3.08. The topological polar surface area (TPSA) is 112 Å². The summed E-state index contributed by atoms with van der Waals surface area (Å²) in [5, 5.41) is 14.9. The number of ether oxygens (including phenoxy) is 1. The van der Waals surface area contributed by atoms with Crippen molar-refractivity contribution in [3.8, 4) is 11.8 Å². The zero-order valence-electron chi connectivity index (χ0n) is 16.1. The van der Waals surface area contributed by atoms with Gasteiger partial charge in [0, 0.05) is 0 Å². The summed E-state index contributed by atoms with van der Waals surface area (Å²) in [6.45, 7) is 1.19. The fraction of sp³-hybridized carbons (Fsp3) is 0.500. The van der Waals surface area contributed by atoms with E-state index in [0.29, 0.717) is 24.2 Å². The Kier molecular flexibility index (Phi) is 5.27. The molecular formula is C20H24N4O4. The lowest BCUT2D eigenvalue weighted by Crippen LogP contribution is -2.52. The summed E-state index contributed by atoms with van der Waals surface area (Å²) in [7, 11) is 1.54. The van der Waals surface area contributed by atoms with Crippen molar-refractivity contribution in [1.82, 2.24) is 15.5 Å². The smallest absolute Gasteiger partial charge is 0.325 e. The van der Waals surface area contributed by atoms with Gasteiger partial charge in [0.1, 0.15) is 23.4 Å². The van der Waals surface area contributed by atoms with Crippen molar-refractivity contribution in [3.05, 3.63) is 29.8 Å². The lowest BCUT2D eigenvalue weighted by atomic mass is 9.83. The maximum Gasteiger partial charge on any atom is 0.325 e. The first-order valence-corrected chi connectivity index (χ1v) is 9.34. The molecular weight excluding hydrogens is 360 g/mol. The molecule has 0 unspecified atom stereocenters. The van der Waals surface area contributed by atoms with E-state index in [2.05, 4.69) is 16.7 Å². The van der Waals surface area contributed by atoms with E-state index < -0.39 is 35.5 Å². The van der Waals surface area contributed by atoms with Crippen LogP contribution in [0.15, 0.2) is 24.3 Å². The van der Waals surface area contributed by atoms with Crippen molar-refractivity contribution in [2.45, 2.75) is 50.1 Å². The van der Waals surface area contributed by atoms with Crippen molar-refractivity contribution in [3.63, 3.8) is 0 Å². The number of carbonyl (C=O) groups is 3. The Morgan fingerprint density at radius 3 is 2.46 bits per heavy atom. The monoisotopic (exact) mass is 384 g/mol. The Morgan fingerprint density at radius 2 is 1.89 bits per heavy atom. The van der Waals surface area contributed by atoms with Gasteiger partial charge in [0.25, 0.3) is 5.91 Å². The zero-order chi connectivity index (χ0) is 20.4. The van der Waals surface area contributed by atoms with Gasteiger partial charge < -0.3 is 15.4 Å². The third kappa shape index (κ3) is 3.52. The van der Waals surface area contributed by atoms with Crippen LogP contribution in [-0.4, -0.2) is 41.9 Å². The average Bonchev–Trinajstić information content (AvgIpc) is 2.92. The molecule has 148 valence electrons. The molecule has 1 aliphatic carbocycles. The molecule has 1 aliphatic heterocycles. The number of methoxy groups -OCH3 is 1. The van der Waals surface area contributed by atoms with Gasteiger partial charge in [0.2, 0.25) is 5.91 Å². The van der Waals surface area contributed by atoms with E-state index in [9.17, 15) is 19.6 Å². The lowest BCUT2D eigenvalue weighted by Gasteiger charge is -2.32. The molecule has 28 heavy (non-hydrogen) atoms. The molecule has 2 fully saturated rings. The predicted molar refractivity (Wildman–Crippen MR) is 100 cm³/mol. The van der Waals surface area contributed by atoms with Crippen LogP contribution < -0.4 is 15.4 Å². The van der Waals surface area contributed by atoms with Crippen molar-refractivity contribution in [1.29, 1.82) is 5.26 Å². The summed E-state index contributed by atoms with van der Waals surface area (Å²) in [6.07, 6.45) is 3.93. The second kappa shape index (κ2) is 7.50. The number of hydrogen-bond donors (Lipinski definition) is 2. The number of urea groups is 1. The maximum absolute atomic E-state index is 12.9. The molecule has 8 heteroatoms. The van der Waals surface area contributed by atoms with Crippen LogP contribution in [0.25, 0.3) is 0 Å². The molecule has 0 spiro atoms. The summed E-state index contributed by atoms with van der Waals surface area (Å²) >= 11 is 0. The second-order valence-corrected chi connectivity index (χ2v) is 7.48. The van der Waals surface area contributed by atoms with Gasteiger partial charge in [-0.15, -0.1) is 0 Å². The van der Waals surface area contributed by atoms with Crippen molar-refractivity contribution < 1.29 is 19.1 Å². The van der Waals surface area contributed by atoms with Crippen LogP contribution in [0.3, 0.4) is 0 Å². The Bertz CT molecular complexity index is 824. The summed E-state index contributed by atoms with van der Waals surface area (Å²) in [6, 6.07) is 8.38. The van der Waals surface area contributed by atoms with E-state index in [4.69, 9.17) is 4.74 Å². The largest absolute Gasteiger partial charge is 0.497 e. The van der Waals surface area contributed by atoms with Crippen LogP contribution in [0.2, 0.25) is 0 Å². The van der Waals surface area contributed by atoms with E-state index in [0.717, 1.165) is 24.2 Å². The molecule has 1 aromatic rings. The normalized spacial score (nSPS) is 23.7. The first kappa shape index (κ1) is 19.7. The number of imide groups is 1. The van der Waals surface area contributed by atoms with E-state index in [1.165, 1.54) is 0 Å². The molecule has 1 heterocycles. The van der Waals surface area contributed by atoms with Gasteiger partial charge in [0.15, 0.2) is 0 Å². The minimum Gasteiger partial charge on any atom is -0.497 e.